The van der Waals surface area contributed by atoms with Crippen molar-refractivity contribution in [2.24, 2.45) is 0 Å². The first-order chi connectivity index (χ1) is 13.6. The molecule has 0 aromatic heterocycles. The number of carbonyl (C=O) groups excluding carboxylic acids is 1. The van der Waals surface area contributed by atoms with Gasteiger partial charge >= 0.3 is 0 Å². The molecule has 2 aliphatic rings. The van der Waals surface area contributed by atoms with Gasteiger partial charge in [0.25, 0.3) is 5.91 Å². The minimum atomic E-state index is -0.836. The summed E-state index contributed by atoms with van der Waals surface area (Å²) in [6, 6.07) is 21.7. The normalized spacial score (nSPS) is 20.1. The van der Waals surface area contributed by atoms with Crippen molar-refractivity contribution in [3.63, 3.8) is 0 Å². The van der Waals surface area contributed by atoms with Gasteiger partial charge in [-0.1, -0.05) is 59.6 Å². The van der Waals surface area contributed by atoms with Gasteiger partial charge in [-0.25, -0.2) is 0 Å². The predicted molar refractivity (Wildman–Crippen MR) is 114 cm³/mol. The maximum absolute atomic E-state index is 13.5. The van der Waals surface area contributed by atoms with E-state index in [1.807, 2.05) is 48.5 Å². The van der Waals surface area contributed by atoms with Crippen molar-refractivity contribution in [2.75, 3.05) is 16.8 Å². The Hall–Kier alpha value is -2.49. The van der Waals surface area contributed by atoms with E-state index in [0.29, 0.717) is 16.5 Å². The van der Waals surface area contributed by atoms with Gasteiger partial charge in [0.2, 0.25) is 0 Å². The molecule has 1 N–H and O–H groups in total. The zero-order valence-electron chi connectivity index (χ0n) is 15.1. The molecule has 1 unspecified atom stereocenters. The van der Waals surface area contributed by atoms with E-state index < -0.39 is 5.54 Å². The van der Waals surface area contributed by atoms with Crippen LogP contribution in [0.15, 0.2) is 66.7 Å². The monoisotopic (exact) mass is 408 g/mol. The number of nitrogens with zero attached hydrogens (tertiary/aromatic N) is 1. The Morgan fingerprint density at radius 2 is 1.79 bits per heavy atom. The van der Waals surface area contributed by atoms with Gasteiger partial charge in [-0.15, -0.1) is 0 Å². The van der Waals surface area contributed by atoms with Gasteiger partial charge in [0, 0.05) is 39.9 Å². The van der Waals surface area contributed by atoms with E-state index in [2.05, 4.69) is 28.4 Å². The first-order valence-electron chi connectivity index (χ1n) is 9.29. The van der Waals surface area contributed by atoms with E-state index in [4.69, 9.17) is 23.2 Å². The summed E-state index contributed by atoms with van der Waals surface area (Å²) < 4.78 is 0. The number of rotatable bonds is 3. The van der Waals surface area contributed by atoms with E-state index in [1.54, 1.807) is 0 Å². The molecule has 28 heavy (non-hydrogen) atoms. The molecular formula is C23H18Cl2N2O. The van der Waals surface area contributed by atoms with Gasteiger partial charge in [-0.2, -0.15) is 0 Å². The molecule has 5 heteroatoms. The zero-order valence-corrected chi connectivity index (χ0v) is 16.6. The van der Waals surface area contributed by atoms with Gasteiger partial charge in [-0.05, 0) is 47.9 Å². The summed E-state index contributed by atoms with van der Waals surface area (Å²) in [7, 11) is 0. The van der Waals surface area contributed by atoms with Gasteiger partial charge in [0.05, 0.1) is 0 Å². The van der Waals surface area contributed by atoms with Crippen LogP contribution in [0.3, 0.4) is 0 Å². The van der Waals surface area contributed by atoms with Crippen LogP contribution in [0.25, 0.3) is 0 Å². The van der Waals surface area contributed by atoms with Crippen LogP contribution in [0, 0.1) is 0 Å². The summed E-state index contributed by atoms with van der Waals surface area (Å²) in [6.07, 6.45) is 1.45. The number of amides is 1. The van der Waals surface area contributed by atoms with Crippen LogP contribution in [0.1, 0.15) is 16.7 Å². The number of nitrogens with one attached hydrogen (secondary N) is 1. The third-order valence-corrected chi connectivity index (χ3v) is 6.22. The Morgan fingerprint density at radius 1 is 0.964 bits per heavy atom. The second kappa shape index (κ2) is 6.54. The van der Waals surface area contributed by atoms with E-state index in [9.17, 15) is 4.79 Å². The number of halogens is 2. The SMILES string of the molecule is O=C1Nc2cc(Cl)ccc2C1(Cc1cccc(Cl)c1)N1CCc2ccccc21. The van der Waals surface area contributed by atoms with E-state index in [0.717, 1.165) is 35.5 Å². The molecular weight excluding hydrogens is 391 g/mol. The van der Waals surface area contributed by atoms with Crippen molar-refractivity contribution in [1.29, 1.82) is 0 Å². The molecule has 0 bridgehead atoms. The fourth-order valence-corrected chi connectivity index (χ4v) is 4.93. The predicted octanol–water partition coefficient (Wildman–Crippen LogP) is 5.45. The highest BCUT2D eigenvalue weighted by Gasteiger charge is 2.52. The lowest BCUT2D eigenvalue weighted by atomic mass is 9.83. The quantitative estimate of drug-likeness (QED) is 0.624. The van der Waals surface area contributed by atoms with Crippen LogP contribution in [0.5, 0.6) is 0 Å². The van der Waals surface area contributed by atoms with Crippen LogP contribution < -0.4 is 10.2 Å². The molecule has 3 aromatic rings. The standard InChI is InChI=1S/C23H18Cl2N2O/c24-17-6-3-4-15(12-17)14-23(27-11-10-16-5-1-2-7-21(16)27)19-9-8-18(25)13-20(19)26-22(23)28/h1-9,12-13H,10-11,14H2,(H,26,28). The Kier molecular flexibility index (Phi) is 4.11. The Labute approximate surface area is 173 Å². The highest BCUT2D eigenvalue weighted by Crippen LogP contribution is 2.48. The van der Waals surface area contributed by atoms with Crippen LogP contribution >= 0.6 is 23.2 Å². The van der Waals surface area contributed by atoms with E-state index >= 15 is 0 Å². The summed E-state index contributed by atoms with van der Waals surface area (Å²) in [5.41, 5.74) is 4.31. The van der Waals surface area contributed by atoms with Crippen LogP contribution in [0.2, 0.25) is 10.0 Å². The lowest BCUT2D eigenvalue weighted by Gasteiger charge is -2.39. The van der Waals surface area contributed by atoms with Crippen molar-refractivity contribution >= 4 is 40.5 Å². The maximum Gasteiger partial charge on any atom is 0.255 e. The smallest absolute Gasteiger partial charge is 0.255 e. The highest BCUT2D eigenvalue weighted by molar-refractivity contribution is 6.31. The average Bonchev–Trinajstić information content (AvgIpc) is 3.21. The summed E-state index contributed by atoms with van der Waals surface area (Å²) in [5.74, 6) is -0.0264. The molecule has 0 aliphatic carbocycles. The van der Waals surface area contributed by atoms with Crippen LogP contribution in [-0.4, -0.2) is 12.5 Å². The summed E-state index contributed by atoms with van der Waals surface area (Å²) >= 11 is 12.4. The zero-order chi connectivity index (χ0) is 19.3. The summed E-state index contributed by atoms with van der Waals surface area (Å²) in [6.45, 7) is 0.787. The second-order valence-corrected chi connectivity index (χ2v) is 8.21. The molecule has 5 rings (SSSR count). The lowest BCUT2D eigenvalue weighted by molar-refractivity contribution is -0.120. The Balaban J connectivity index is 1.72. The molecule has 2 heterocycles. The third-order valence-electron chi connectivity index (χ3n) is 5.75. The van der Waals surface area contributed by atoms with Crippen molar-refractivity contribution < 1.29 is 4.79 Å². The minimum absolute atomic E-state index is 0.0264. The summed E-state index contributed by atoms with van der Waals surface area (Å²) in [4.78, 5) is 15.8. The number of hydrogen-bond acceptors (Lipinski definition) is 2. The van der Waals surface area contributed by atoms with Crippen molar-refractivity contribution in [3.05, 3.63) is 93.5 Å². The highest BCUT2D eigenvalue weighted by atomic mass is 35.5. The van der Waals surface area contributed by atoms with Gasteiger partial charge in [0.15, 0.2) is 5.54 Å². The van der Waals surface area contributed by atoms with Gasteiger partial charge in [0.1, 0.15) is 0 Å². The molecule has 3 aromatic carbocycles. The fraction of sp³-hybridized carbons (Fsp3) is 0.174. The van der Waals surface area contributed by atoms with Gasteiger partial charge in [-0.3, -0.25) is 4.79 Å². The molecule has 2 aliphatic heterocycles. The fourth-order valence-electron chi connectivity index (χ4n) is 4.54. The second-order valence-electron chi connectivity index (χ2n) is 7.34. The van der Waals surface area contributed by atoms with Crippen molar-refractivity contribution in [1.82, 2.24) is 0 Å². The topological polar surface area (TPSA) is 32.3 Å². The molecule has 140 valence electrons. The van der Waals surface area contributed by atoms with Gasteiger partial charge < -0.3 is 10.2 Å². The van der Waals surface area contributed by atoms with Crippen molar-refractivity contribution in [2.45, 2.75) is 18.4 Å². The molecule has 3 nitrogen and oxygen atoms in total. The van der Waals surface area contributed by atoms with E-state index in [-0.39, 0.29) is 5.91 Å². The molecule has 0 saturated carbocycles. The molecule has 0 saturated heterocycles. The van der Waals surface area contributed by atoms with E-state index in [1.165, 1.54) is 5.56 Å². The molecule has 1 atom stereocenters. The number of hydrogen-bond donors (Lipinski definition) is 1. The first-order valence-corrected chi connectivity index (χ1v) is 10.0. The number of carbonyl (C=O) groups is 1. The number of benzene rings is 3. The first kappa shape index (κ1) is 17.6. The Morgan fingerprint density at radius 3 is 2.64 bits per heavy atom. The molecule has 1 amide bonds. The molecule has 0 spiro atoms. The number of anilines is 2. The summed E-state index contributed by atoms with van der Waals surface area (Å²) in [5, 5.41) is 4.35. The molecule has 0 radical (unpaired) electrons. The van der Waals surface area contributed by atoms with Crippen LogP contribution in [0.4, 0.5) is 11.4 Å². The minimum Gasteiger partial charge on any atom is -0.353 e. The Bertz CT molecular complexity index is 1100. The average molecular weight is 409 g/mol. The number of para-hydroxylation sites is 1. The molecule has 0 fully saturated rings. The van der Waals surface area contributed by atoms with Crippen LogP contribution in [-0.2, 0) is 23.2 Å². The maximum atomic E-state index is 13.5. The third kappa shape index (κ3) is 2.61. The largest absolute Gasteiger partial charge is 0.353 e. The lowest BCUT2D eigenvalue weighted by Crippen LogP contribution is -2.52. The number of fused-ring (bicyclic) bond motifs is 2. The van der Waals surface area contributed by atoms with Crippen molar-refractivity contribution in [3.8, 4) is 0 Å².